The standard InChI is InChI=1S/C23H23ClN6O3/c1-13-19-16(11-17(32-3)20(13)33-4)27-23(29-21(19)31)30(2)12-14-6-5-7-15(10-14)26-18-8-9-25-22(24)28-18/h5-11H,12H2,1-4H3,(H,25,26,28)(H,27,29,31). The molecule has 33 heavy (non-hydrogen) atoms. The van der Waals surface area contributed by atoms with Gasteiger partial charge in [-0.2, -0.15) is 0 Å². The quantitative estimate of drug-likeness (QED) is 0.393. The maximum Gasteiger partial charge on any atom is 0.260 e. The van der Waals surface area contributed by atoms with Crippen LogP contribution in [0.2, 0.25) is 5.28 Å². The SMILES string of the molecule is COc1cc2nc(N(C)Cc3cccc(Nc4ccnc(Cl)n4)c3)[nH]c(=O)c2c(C)c1OC. The number of nitrogens with one attached hydrogen (secondary N) is 2. The highest BCUT2D eigenvalue weighted by molar-refractivity contribution is 6.28. The summed E-state index contributed by atoms with van der Waals surface area (Å²) >= 11 is 5.86. The van der Waals surface area contributed by atoms with E-state index < -0.39 is 0 Å². The lowest BCUT2D eigenvalue weighted by atomic mass is 10.1. The number of rotatable bonds is 7. The summed E-state index contributed by atoms with van der Waals surface area (Å²) < 4.78 is 10.8. The predicted molar refractivity (Wildman–Crippen MR) is 129 cm³/mol. The predicted octanol–water partition coefficient (Wildman–Crippen LogP) is 4.07. The van der Waals surface area contributed by atoms with Gasteiger partial charge in [0.05, 0.1) is 25.1 Å². The van der Waals surface area contributed by atoms with Crippen molar-refractivity contribution in [1.82, 2.24) is 19.9 Å². The van der Waals surface area contributed by atoms with E-state index in [1.807, 2.05) is 43.1 Å². The maximum atomic E-state index is 12.9. The van der Waals surface area contributed by atoms with Gasteiger partial charge in [0, 0.05) is 37.1 Å². The summed E-state index contributed by atoms with van der Waals surface area (Å²) in [5, 5.41) is 3.85. The van der Waals surface area contributed by atoms with Gasteiger partial charge in [0.1, 0.15) is 5.82 Å². The number of aromatic nitrogens is 4. The number of fused-ring (bicyclic) bond motifs is 1. The van der Waals surface area contributed by atoms with Crippen LogP contribution >= 0.6 is 11.6 Å². The number of hydrogen-bond acceptors (Lipinski definition) is 8. The Morgan fingerprint density at radius 3 is 2.70 bits per heavy atom. The minimum atomic E-state index is -0.239. The molecule has 4 aromatic rings. The zero-order valence-electron chi connectivity index (χ0n) is 18.6. The average Bonchev–Trinajstić information content (AvgIpc) is 2.78. The van der Waals surface area contributed by atoms with Gasteiger partial charge in [0.2, 0.25) is 11.2 Å². The van der Waals surface area contributed by atoms with Crippen molar-refractivity contribution in [3.05, 3.63) is 69.4 Å². The van der Waals surface area contributed by atoms with Crippen LogP contribution in [0.3, 0.4) is 0 Å². The van der Waals surface area contributed by atoms with E-state index in [1.54, 1.807) is 32.5 Å². The first kappa shape index (κ1) is 22.3. The number of aromatic amines is 1. The highest BCUT2D eigenvalue weighted by atomic mass is 35.5. The lowest BCUT2D eigenvalue weighted by Gasteiger charge is -2.19. The Balaban J connectivity index is 1.61. The fraction of sp³-hybridized carbons (Fsp3) is 0.217. The van der Waals surface area contributed by atoms with Crippen LogP contribution in [0, 0.1) is 6.92 Å². The van der Waals surface area contributed by atoms with E-state index in [9.17, 15) is 4.79 Å². The number of hydrogen-bond donors (Lipinski definition) is 2. The molecule has 10 heteroatoms. The fourth-order valence-electron chi connectivity index (χ4n) is 3.67. The summed E-state index contributed by atoms with van der Waals surface area (Å²) in [5.41, 5.74) is 2.83. The van der Waals surface area contributed by atoms with Gasteiger partial charge < -0.3 is 19.7 Å². The second kappa shape index (κ2) is 9.33. The number of methoxy groups -OCH3 is 2. The van der Waals surface area contributed by atoms with Crippen LogP contribution in [0.4, 0.5) is 17.5 Å². The molecule has 0 spiro atoms. The summed E-state index contributed by atoms with van der Waals surface area (Å²) in [4.78, 5) is 30.3. The number of benzene rings is 2. The van der Waals surface area contributed by atoms with Gasteiger partial charge in [-0.25, -0.2) is 15.0 Å². The van der Waals surface area contributed by atoms with E-state index in [2.05, 4.69) is 25.3 Å². The number of H-pyrrole nitrogens is 1. The van der Waals surface area contributed by atoms with Gasteiger partial charge >= 0.3 is 0 Å². The van der Waals surface area contributed by atoms with Crippen molar-refractivity contribution >= 4 is 40.0 Å². The third-order valence-electron chi connectivity index (χ3n) is 5.17. The first-order chi connectivity index (χ1) is 15.9. The first-order valence-corrected chi connectivity index (χ1v) is 10.5. The topological polar surface area (TPSA) is 105 Å². The van der Waals surface area contributed by atoms with Crippen molar-refractivity contribution in [3.8, 4) is 11.5 Å². The lowest BCUT2D eigenvalue weighted by Crippen LogP contribution is -2.23. The molecular formula is C23H23ClN6O3. The monoisotopic (exact) mass is 466 g/mol. The van der Waals surface area contributed by atoms with Gasteiger partial charge in [0.25, 0.3) is 5.56 Å². The fourth-order valence-corrected chi connectivity index (χ4v) is 3.82. The molecule has 170 valence electrons. The molecule has 0 amide bonds. The third-order valence-corrected chi connectivity index (χ3v) is 5.36. The number of halogens is 1. The molecule has 0 fully saturated rings. The zero-order valence-corrected chi connectivity index (χ0v) is 19.4. The van der Waals surface area contributed by atoms with Gasteiger partial charge in [0.15, 0.2) is 11.5 Å². The molecule has 0 saturated heterocycles. The summed E-state index contributed by atoms with van der Waals surface area (Å²) in [5.74, 6) is 2.09. The van der Waals surface area contributed by atoms with Crippen LogP contribution in [-0.4, -0.2) is 41.2 Å². The molecule has 0 unspecified atom stereocenters. The second-order valence-corrected chi connectivity index (χ2v) is 7.75. The van der Waals surface area contributed by atoms with Crippen LogP contribution in [0.1, 0.15) is 11.1 Å². The van der Waals surface area contributed by atoms with E-state index in [1.165, 1.54) is 0 Å². The van der Waals surface area contributed by atoms with Crippen molar-refractivity contribution in [2.24, 2.45) is 0 Å². The Kier molecular flexibility index (Phi) is 6.32. The van der Waals surface area contributed by atoms with Crippen molar-refractivity contribution in [2.75, 3.05) is 31.5 Å². The van der Waals surface area contributed by atoms with Gasteiger partial charge in [-0.15, -0.1) is 0 Å². The molecular weight excluding hydrogens is 444 g/mol. The third kappa shape index (κ3) is 4.68. The number of ether oxygens (including phenoxy) is 2. The molecule has 9 nitrogen and oxygen atoms in total. The smallest absolute Gasteiger partial charge is 0.260 e. The minimum absolute atomic E-state index is 0.173. The Hall–Kier alpha value is -3.85. The van der Waals surface area contributed by atoms with Crippen molar-refractivity contribution < 1.29 is 9.47 Å². The Labute approximate surface area is 195 Å². The van der Waals surface area contributed by atoms with Crippen LogP contribution in [0.15, 0.2) is 47.4 Å². The Morgan fingerprint density at radius 2 is 1.97 bits per heavy atom. The molecule has 2 N–H and O–H groups in total. The lowest BCUT2D eigenvalue weighted by molar-refractivity contribution is 0.354. The normalized spacial score (nSPS) is 10.8. The molecule has 0 aliphatic heterocycles. The average molecular weight is 467 g/mol. The van der Waals surface area contributed by atoms with E-state index >= 15 is 0 Å². The maximum absolute atomic E-state index is 12.9. The highest BCUT2D eigenvalue weighted by Gasteiger charge is 2.17. The van der Waals surface area contributed by atoms with Crippen molar-refractivity contribution in [3.63, 3.8) is 0 Å². The van der Waals surface area contributed by atoms with Crippen LogP contribution in [0.25, 0.3) is 10.9 Å². The summed E-state index contributed by atoms with van der Waals surface area (Å²) in [6.07, 6.45) is 1.59. The molecule has 2 aromatic carbocycles. The molecule has 0 bridgehead atoms. The van der Waals surface area contributed by atoms with Gasteiger partial charge in [-0.05, 0) is 42.3 Å². The second-order valence-electron chi connectivity index (χ2n) is 7.41. The zero-order chi connectivity index (χ0) is 23.5. The summed E-state index contributed by atoms with van der Waals surface area (Å²) in [7, 11) is 4.96. The molecule has 0 radical (unpaired) electrons. The molecule has 0 aliphatic carbocycles. The van der Waals surface area contributed by atoms with E-state index in [-0.39, 0.29) is 10.8 Å². The van der Waals surface area contributed by atoms with E-state index in [0.29, 0.717) is 46.3 Å². The highest BCUT2D eigenvalue weighted by Crippen LogP contribution is 2.35. The van der Waals surface area contributed by atoms with E-state index in [4.69, 9.17) is 21.1 Å². The van der Waals surface area contributed by atoms with Crippen molar-refractivity contribution in [2.45, 2.75) is 13.5 Å². The van der Waals surface area contributed by atoms with Crippen LogP contribution in [0.5, 0.6) is 11.5 Å². The van der Waals surface area contributed by atoms with E-state index in [0.717, 1.165) is 11.3 Å². The number of anilines is 3. The van der Waals surface area contributed by atoms with Gasteiger partial charge in [-0.3, -0.25) is 9.78 Å². The molecule has 2 heterocycles. The number of nitrogens with zero attached hydrogens (tertiary/aromatic N) is 4. The molecule has 4 rings (SSSR count). The molecule has 0 saturated carbocycles. The molecule has 0 aliphatic rings. The summed E-state index contributed by atoms with van der Waals surface area (Å²) in [6, 6.07) is 11.3. The molecule has 2 aromatic heterocycles. The Bertz CT molecular complexity index is 1370. The van der Waals surface area contributed by atoms with Crippen molar-refractivity contribution in [1.29, 1.82) is 0 Å². The van der Waals surface area contributed by atoms with Gasteiger partial charge in [-0.1, -0.05) is 12.1 Å². The number of aryl methyl sites for hydroxylation is 1. The van der Waals surface area contributed by atoms with Crippen LogP contribution < -0.4 is 25.2 Å². The molecule has 0 atom stereocenters. The van der Waals surface area contributed by atoms with Crippen LogP contribution in [-0.2, 0) is 6.54 Å². The summed E-state index contributed by atoms with van der Waals surface area (Å²) in [6.45, 7) is 2.33. The minimum Gasteiger partial charge on any atom is -0.493 e. The Morgan fingerprint density at radius 1 is 1.15 bits per heavy atom. The largest absolute Gasteiger partial charge is 0.493 e. The first-order valence-electron chi connectivity index (χ1n) is 10.1.